The number of likely N-dealkylation sites (tertiary alicyclic amines) is 1. The first-order valence-electron chi connectivity index (χ1n) is 9.92. The molecule has 1 aromatic rings. The van der Waals surface area contributed by atoms with Gasteiger partial charge < -0.3 is 15.0 Å². The molecule has 2 aliphatic rings. The summed E-state index contributed by atoms with van der Waals surface area (Å²) in [6, 6.07) is 0. The first kappa shape index (κ1) is 19.4. The highest BCUT2D eigenvalue weighted by Gasteiger charge is 2.29. The molecule has 1 fully saturated rings. The Morgan fingerprint density at radius 1 is 1.27 bits per heavy atom. The lowest BCUT2D eigenvalue weighted by Crippen LogP contribution is -2.32. The number of fused-ring (bicyclic) bond motifs is 1. The Hall–Kier alpha value is -1.40. The van der Waals surface area contributed by atoms with E-state index in [0.29, 0.717) is 29.5 Å². The Kier molecular flexibility index (Phi) is 6.70. The third kappa shape index (κ3) is 4.65. The highest BCUT2D eigenvalue weighted by molar-refractivity contribution is 7.17. The number of piperidine rings is 1. The van der Waals surface area contributed by atoms with Crippen LogP contribution in [0.25, 0.3) is 0 Å². The van der Waals surface area contributed by atoms with Crippen LogP contribution in [-0.2, 0) is 22.4 Å². The average Bonchev–Trinajstić information content (AvgIpc) is 2.98. The highest BCUT2D eigenvalue weighted by atomic mass is 32.1. The highest BCUT2D eigenvalue weighted by Crippen LogP contribution is 2.40. The SMILES string of the molecule is CCOC(=O)c1c(NC(=O)CCN2CCCCC2)sc2c1CCC(C)C2. The fourth-order valence-corrected chi connectivity index (χ4v) is 5.30. The second-order valence-corrected chi connectivity index (χ2v) is 8.58. The van der Waals surface area contributed by atoms with E-state index in [1.807, 2.05) is 6.92 Å². The summed E-state index contributed by atoms with van der Waals surface area (Å²) in [6.45, 7) is 7.38. The summed E-state index contributed by atoms with van der Waals surface area (Å²) < 4.78 is 5.26. The van der Waals surface area contributed by atoms with E-state index >= 15 is 0 Å². The van der Waals surface area contributed by atoms with Crippen molar-refractivity contribution in [3.8, 4) is 0 Å². The molecule has 0 saturated carbocycles. The van der Waals surface area contributed by atoms with Crippen LogP contribution >= 0.6 is 11.3 Å². The smallest absolute Gasteiger partial charge is 0.341 e. The summed E-state index contributed by atoms with van der Waals surface area (Å²) in [5.74, 6) is 0.317. The minimum atomic E-state index is -0.300. The predicted octanol–water partition coefficient (Wildman–Crippen LogP) is 3.86. The monoisotopic (exact) mass is 378 g/mol. The molecule has 5 nitrogen and oxygen atoms in total. The number of carbonyl (C=O) groups excluding carboxylic acids is 2. The van der Waals surface area contributed by atoms with Gasteiger partial charge in [0.25, 0.3) is 0 Å². The number of esters is 1. The summed E-state index contributed by atoms with van der Waals surface area (Å²) in [5, 5.41) is 3.70. The van der Waals surface area contributed by atoms with Gasteiger partial charge in [-0.3, -0.25) is 4.79 Å². The third-order valence-corrected chi connectivity index (χ3v) is 6.52. The number of nitrogens with one attached hydrogen (secondary N) is 1. The lowest BCUT2D eigenvalue weighted by Gasteiger charge is -2.25. The van der Waals surface area contributed by atoms with Gasteiger partial charge in [-0.15, -0.1) is 11.3 Å². The summed E-state index contributed by atoms with van der Waals surface area (Å²) in [6.07, 6.45) is 7.18. The van der Waals surface area contributed by atoms with Gasteiger partial charge in [0, 0.05) is 17.8 Å². The number of rotatable bonds is 6. The molecule has 0 spiro atoms. The molecule has 1 amide bonds. The zero-order valence-electron chi connectivity index (χ0n) is 15.9. The first-order chi connectivity index (χ1) is 12.6. The lowest BCUT2D eigenvalue weighted by atomic mass is 9.88. The number of ether oxygens (including phenoxy) is 1. The molecule has 144 valence electrons. The van der Waals surface area contributed by atoms with E-state index in [4.69, 9.17) is 4.74 Å². The molecule has 2 heterocycles. The minimum absolute atomic E-state index is 0.00670. The van der Waals surface area contributed by atoms with Crippen molar-refractivity contribution < 1.29 is 14.3 Å². The van der Waals surface area contributed by atoms with E-state index in [0.717, 1.165) is 44.5 Å². The van der Waals surface area contributed by atoms with Crippen molar-refractivity contribution in [2.45, 2.75) is 58.8 Å². The molecular weight excluding hydrogens is 348 g/mol. The molecule has 0 bridgehead atoms. The Morgan fingerprint density at radius 3 is 2.77 bits per heavy atom. The van der Waals surface area contributed by atoms with Crippen LogP contribution in [0.4, 0.5) is 5.00 Å². The van der Waals surface area contributed by atoms with Crippen LogP contribution in [0.5, 0.6) is 0 Å². The first-order valence-corrected chi connectivity index (χ1v) is 10.7. The predicted molar refractivity (Wildman–Crippen MR) is 105 cm³/mol. The van der Waals surface area contributed by atoms with Crippen LogP contribution in [0.15, 0.2) is 0 Å². The Balaban J connectivity index is 1.69. The summed E-state index contributed by atoms with van der Waals surface area (Å²) >= 11 is 1.56. The normalized spacial score (nSPS) is 20.5. The van der Waals surface area contributed by atoms with Crippen LogP contribution in [-0.4, -0.2) is 43.0 Å². The maximum absolute atomic E-state index is 12.5. The maximum atomic E-state index is 12.5. The lowest BCUT2D eigenvalue weighted by molar-refractivity contribution is -0.116. The van der Waals surface area contributed by atoms with Crippen molar-refractivity contribution in [3.05, 3.63) is 16.0 Å². The van der Waals surface area contributed by atoms with Gasteiger partial charge in [0.1, 0.15) is 5.00 Å². The Labute approximate surface area is 160 Å². The van der Waals surface area contributed by atoms with Gasteiger partial charge in [-0.2, -0.15) is 0 Å². The van der Waals surface area contributed by atoms with Crippen LogP contribution in [0, 0.1) is 5.92 Å². The zero-order valence-corrected chi connectivity index (χ0v) is 16.8. The van der Waals surface area contributed by atoms with Crippen molar-refractivity contribution >= 4 is 28.2 Å². The maximum Gasteiger partial charge on any atom is 0.341 e. The topological polar surface area (TPSA) is 58.6 Å². The van der Waals surface area contributed by atoms with E-state index in [1.54, 1.807) is 11.3 Å². The molecule has 6 heteroatoms. The molecule has 0 radical (unpaired) electrons. The van der Waals surface area contributed by atoms with E-state index < -0.39 is 0 Å². The molecule has 26 heavy (non-hydrogen) atoms. The van der Waals surface area contributed by atoms with E-state index in [2.05, 4.69) is 17.1 Å². The molecule has 1 unspecified atom stereocenters. The molecule has 1 N–H and O–H groups in total. The molecular formula is C20H30N2O3S. The van der Waals surface area contributed by atoms with Gasteiger partial charge >= 0.3 is 5.97 Å². The van der Waals surface area contributed by atoms with Gasteiger partial charge in [-0.25, -0.2) is 4.79 Å². The van der Waals surface area contributed by atoms with E-state index in [-0.39, 0.29) is 11.9 Å². The summed E-state index contributed by atoms with van der Waals surface area (Å²) in [5.41, 5.74) is 1.70. The number of hydrogen-bond acceptors (Lipinski definition) is 5. The van der Waals surface area contributed by atoms with Crippen molar-refractivity contribution in [2.24, 2.45) is 5.92 Å². The van der Waals surface area contributed by atoms with Crippen molar-refractivity contribution in [1.82, 2.24) is 4.90 Å². The largest absolute Gasteiger partial charge is 0.462 e. The van der Waals surface area contributed by atoms with E-state index in [1.165, 1.54) is 24.1 Å². The molecule has 1 aliphatic carbocycles. The number of amides is 1. The van der Waals surface area contributed by atoms with Crippen molar-refractivity contribution in [1.29, 1.82) is 0 Å². The van der Waals surface area contributed by atoms with Crippen LogP contribution in [0.3, 0.4) is 0 Å². The standard InChI is InChI=1S/C20H30N2O3S/c1-3-25-20(24)18-15-8-7-14(2)13-16(15)26-19(18)21-17(23)9-12-22-10-5-4-6-11-22/h14H,3-13H2,1-2H3,(H,21,23). The van der Waals surface area contributed by atoms with Gasteiger partial charge in [0.05, 0.1) is 12.2 Å². The number of anilines is 1. The second-order valence-electron chi connectivity index (χ2n) is 7.48. The number of nitrogens with zero attached hydrogens (tertiary/aromatic N) is 1. The van der Waals surface area contributed by atoms with Crippen LogP contribution in [0.2, 0.25) is 0 Å². The molecule has 3 rings (SSSR count). The minimum Gasteiger partial charge on any atom is -0.462 e. The molecule has 1 atom stereocenters. The Bertz CT molecular complexity index is 650. The molecule has 0 aromatic carbocycles. The van der Waals surface area contributed by atoms with Crippen LogP contribution in [0.1, 0.15) is 66.8 Å². The van der Waals surface area contributed by atoms with Crippen molar-refractivity contribution in [3.63, 3.8) is 0 Å². The Morgan fingerprint density at radius 2 is 2.04 bits per heavy atom. The molecule has 1 aliphatic heterocycles. The van der Waals surface area contributed by atoms with E-state index in [9.17, 15) is 9.59 Å². The molecule has 1 saturated heterocycles. The summed E-state index contributed by atoms with van der Waals surface area (Å²) in [7, 11) is 0. The van der Waals surface area contributed by atoms with Gasteiger partial charge in [-0.1, -0.05) is 13.3 Å². The number of carbonyl (C=O) groups is 2. The van der Waals surface area contributed by atoms with Gasteiger partial charge in [0.2, 0.25) is 5.91 Å². The number of hydrogen-bond donors (Lipinski definition) is 1. The second kappa shape index (κ2) is 9.00. The quantitative estimate of drug-likeness (QED) is 0.764. The molecule has 1 aromatic heterocycles. The third-order valence-electron chi connectivity index (χ3n) is 5.35. The fourth-order valence-electron chi connectivity index (χ4n) is 3.89. The van der Waals surface area contributed by atoms with Gasteiger partial charge in [0.15, 0.2) is 0 Å². The zero-order chi connectivity index (χ0) is 18.5. The number of thiophene rings is 1. The average molecular weight is 379 g/mol. The van der Waals surface area contributed by atoms with Gasteiger partial charge in [-0.05, 0) is 63.6 Å². The summed E-state index contributed by atoms with van der Waals surface area (Å²) in [4.78, 5) is 28.6. The van der Waals surface area contributed by atoms with Crippen LogP contribution < -0.4 is 5.32 Å². The fraction of sp³-hybridized carbons (Fsp3) is 0.700. The van der Waals surface area contributed by atoms with Crippen molar-refractivity contribution in [2.75, 3.05) is 31.6 Å².